The maximum absolute atomic E-state index is 12.2. The highest BCUT2D eigenvalue weighted by Crippen LogP contribution is 2.18. The molecular weight excluding hydrogens is 278 g/mol. The predicted molar refractivity (Wildman–Crippen MR) is 82.7 cm³/mol. The van der Waals surface area contributed by atoms with E-state index in [9.17, 15) is 4.79 Å². The monoisotopic (exact) mass is 295 g/mol. The third-order valence-electron chi connectivity index (χ3n) is 3.77. The van der Waals surface area contributed by atoms with Crippen molar-refractivity contribution in [3.05, 3.63) is 59.8 Å². The predicted octanol–water partition coefficient (Wildman–Crippen LogP) is 2.03. The number of carbonyl (C=O) groups excluding carboxylic acids is 1. The lowest BCUT2D eigenvalue weighted by molar-refractivity contribution is -0.119. The Morgan fingerprint density at radius 1 is 1.41 bits per heavy atom. The third-order valence-corrected chi connectivity index (χ3v) is 3.77. The van der Waals surface area contributed by atoms with Crippen LogP contribution in [0.2, 0.25) is 0 Å². The van der Waals surface area contributed by atoms with Gasteiger partial charge in [0.2, 0.25) is 5.91 Å². The van der Waals surface area contributed by atoms with E-state index in [1.165, 1.54) is 0 Å². The molecular formula is C16H17N5O. The molecule has 0 bridgehead atoms. The first-order valence-corrected chi connectivity index (χ1v) is 7.24. The van der Waals surface area contributed by atoms with E-state index in [1.54, 1.807) is 15.9 Å². The molecule has 1 fully saturated rings. The lowest BCUT2D eigenvalue weighted by Crippen LogP contribution is -2.24. The van der Waals surface area contributed by atoms with Crippen LogP contribution in [0.3, 0.4) is 0 Å². The Bertz CT molecular complexity index is 688. The highest BCUT2D eigenvalue weighted by Gasteiger charge is 2.31. The Balaban J connectivity index is 1.58. The van der Waals surface area contributed by atoms with E-state index < -0.39 is 0 Å². The molecule has 0 spiro atoms. The van der Waals surface area contributed by atoms with Gasteiger partial charge in [-0.15, -0.1) is 5.01 Å². The molecule has 1 aliphatic heterocycles. The second-order valence-corrected chi connectivity index (χ2v) is 5.40. The second-order valence-electron chi connectivity index (χ2n) is 5.40. The van der Waals surface area contributed by atoms with Crippen LogP contribution in [0.15, 0.2) is 42.7 Å². The van der Waals surface area contributed by atoms with Crippen molar-refractivity contribution in [2.45, 2.75) is 13.0 Å². The molecule has 1 saturated heterocycles. The Kier molecular flexibility index (Phi) is 4.05. The molecule has 6 heteroatoms. The van der Waals surface area contributed by atoms with Crippen LogP contribution in [0.25, 0.3) is 4.95 Å². The van der Waals surface area contributed by atoms with Crippen LogP contribution in [0.5, 0.6) is 0 Å². The molecule has 2 aromatic rings. The van der Waals surface area contributed by atoms with E-state index in [4.69, 9.17) is 6.57 Å². The molecule has 1 aromatic heterocycles. The van der Waals surface area contributed by atoms with Crippen molar-refractivity contribution in [2.24, 2.45) is 5.92 Å². The number of hydrogen-bond acceptors (Lipinski definition) is 3. The maximum atomic E-state index is 12.2. The second kappa shape index (κ2) is 6.31. The number of hydrogen-bond donors (Lipinski definition) is 1. The topological polar surface area (TPSA) is 54.5 Å². The normalized spacial score (nSPS) is 17.2. The summed E-state index contributed by atoms with van der Waals surface area (Å²) in [5.74, 6) is -0.156. The molecule has 22 heavy (non-hydrogen) atoms. The molecule has 1 aliphatic rings. The number of carbonyl (C=O) groups is 1. The van der Waals surface area contributed by atoms with Gasteiger partial charge in [-0.2, -0.15) is 16.6 Å². The van der Waals surface area contributed by atoms with Gasteiger partial charge in [0.25, 0.3) is 0 Å². The fourth-order valence-electron chi connectivity index (χ4n) is 2.58. The summed E-state index contributed by atoms with van der Waals surface area (Å²) in [7, 11) is 0. The highest BCUT2D eigenvalue weighted by molar-refractivity contribution is 5.92. The van der Waals surface area contributed by atoms with E-state index in [0.717, 1.165) is 12.0 Å². The number of rotatable bonds is 4. The van der Waals surface area contributed by atoms with Gasteiger partial charge in [-0.1, -0.05) is 30.3 Å². The molecule has 0 aliphatic carbocycles. The minimum Gasteiger partial charge on any atom is -0.323 e. The zero-order chi connectivity index (χ0) is 15.4. The molecule has 1 atom stereocenters. The number of nitrogens with one attached hydrogen (secondary N) is 1. The SMILES string of the molecule is [C-]#[N+]N1CC[C@H](C(=O)Nc2cnn(Cc3ccccc3)c2)C1. The van der Waals surface area contributed by atoms with E-state index in [0.29, 0.717) is 25.3 Å². The molecule has 1 N–H and O–H groups in total. The number of anilines is 1. The average Bonchev–Trinajstić information content (AvgIpc) is 3.17. The van der Waals surface area contributed by atoms with Crippen LogP contribution in [0.1, 0.15) is 12.0 Å². The molecule has 0 saturated carbocycles. The standard InChI is InChI=1S/C16H17N5O/c1-17-20-8-7-14(11-20)16(22)19-15-9-18-21(12-15)10-13-5-3-2-4-6-13/h2-6,9,12,14H,7-8,10-11H2,(H,19,22)/t14-/m0/s1. The van der Waals surface area contributed by atoms with E-state index >= 15 is 0 Å². The number of nitrogens with zero attached hydrogens (tertiary/aromatic N) is 4. The number of aromatic nitrogens is 2. The molecule has 1 amide bonds. The van der Waals surface area contributed by atoms with Gasteiger partial charge >= 0.3 is 0 Å². The molecule has 6 nitrogen and oxygen atoms in total. The summed E-state index contributed by atoms with van der Waals surface area (Å²) < 4.78 is 1.80. The van der Waals surface area contributed by atoms with E-state index in [2.05, 4.69) is 15.4 Å². The Morgan fingerprint density at radius 3 is 2.95 bits per heavy atom. The van der Waals surface area contributed by atoms with Crippen molar-refractivity contribution in [3.63, 3.8) is 0 Å². The third kappa shape index (κ3) is 3.26. The first-order chi connectivity index (χ1) is 10.7. The molecule has 0 radical (unpaired) electrons. The van der Waals surface area contributed by atoms with Crippen LogP contribution >= 0.6 is 0 Å². The quantitative estimate of drug-likeness (QED) is 0.878. The summed E-state index contributed by atoms with van der Waals surface area (Å²) in [6.45, 7) is 8.81. The fourth-order valence-corrected chi connectivity index (χ4v) is 2.58. The van der Waals surface area contributed by atoms with Gasteiger partial charge in [0, 0.05) is 6.20 Å². The number of benzene rings is 1. The summed E-state index contributed by atoms with van der Waals surface area (Å²) in [4.78, 5) is 15.5. The van der Waals surface area contributed by atoms with Gasteiger partial charge in [-0.3, -0.25) is 9.48 Å². The van der Waals surface area contributed by atoms with Crippen LogP contribution in [0.4, 0.5) is 5.69 Å². The maximum Gasteiger partial charge on any atom is 0.229 e. The van der Waals surface area contributed by atoms with Crippen molar-refractivity contribution in [1.82, 2.24) is 14.8 Å². The Labute approximate surface area is 129 Å². The first kappa shape index (κ1) is 14.1. The Hall–Kier alpha value is -2.81. The van der Waals surface area contributed by atoms with Crippen molar-refractivity contribution < 1.29 is 4.79 Å². The minimum atomic E-state index is -0.119. The minimum absolute atomic E-state index is 0.0367. The number of amides is 1. The van der Waals surface area contributed by atoms with Crippen LogP contribution in [0, 0.1) is 12.5 Å². The van der Waals surface area contributed by atoms with Crippen molar-refractivity contribution in [1.29, 1.82) is 0 Å². The van der Waals surface area contributed by atoms with E-state index in [1.807, 2.05) is 36.5 Å². The van der Waals surface area contributed by atoms with Crippen molar-refractivity contribution >= 4 is 11.6 Å². The fraction of sp³-hybridized carbons (Fsp3) is 0.312. The molecule has 112 valence electrons. The smallest absolute Gasteiger partial charge is 0.229 e. The zero-order valence-electron chi connectivity index (χ0n) is 12.1. The molecule has 1 aromatic carbocycles. The first-order valence-electron chi connectivity index (χ1n) is 7.24. The van der Waals surface area contributed by atoms with Crippen LogP contribution in [-0.4, -0.2) is 33.8 Å². The lowest BCUT2D eigenvalue weighted by Gasteiger charge is -2.07. The van der Waals surface area contributed by atoms with E-state index in [-0.39, 0.29) is 11.8 Å². The van der Waals surface area contributed by atoms with Gasteiger partial charge in [0.05, 0.1) is 37.4 Å². The summed E-state index contributed by atoms with van der Waals surface area (Å²) >= 11 is 0. The largest absolute Gasteiger partial charge is 0.323 e. The summed E-state index contributed by atoms with van der Waals surface area (Å²) in [5.41, 5.74) is 1.86. The van der Waals surface area contributed by atoms with Gasteiger partial charge in [-0.05, 0) is 12.0 Å². The molecule has 3 rings (SSSR count). The van der Waals surface area contributed by atoms with Crippen molar-refractivity contribution in [3.8, 4) is 0 Å². The zero-order valence-corrected chi connectivity index (χ0v) is 12.1. The van der Waals surface area contributed by atoms with Crippen LogP contribution < -0.4 is 5.32 Å². The summed E-state index contributed by atoms with van der Waals surface area (Å²) in [5, 5.41) is 8.75. The average molecular weight is 295 g/mol. The summed E-state index contributed by atoms with van der Waals surface area (Å²) in [6.07, 6.45) is 4.21. The molecule has 0 unspecified atom stereocenters. The van der Waals surface area contributed by atoms with Gasteiger partial charge < -0.3 is 5.32 Å². The Morgan fingerprint density at radius 2 is 2.23 bits per heavy atom. The highest BCUT2D eigenvalue weighted by atomic mass is 16.2. The van der Waals surface area contributed by atoms with Crippen LogP contribution in [-0.2, 0) is 11.3 Å². The lowest BCUT2D eigenvalue weighted by atomic mass is 10.1. The molecule has 2 heterocycles. The van der Waals surface area contributed by atoms with Crippen molar-refractivity contribution in [2.75, 3.05) is 18.4 Å². The summed E-state index contributed by atoms with van der Waals surface area (Å²) in [6, 6.07) is 10.0. The van der Waals surface area contributed by atoms with Gasteiger partial charge in [0.15, 0.2) is 0 Å². The van der Waals surface area contributed by atoms with Gasteiger partial charge in [-0.25, -0.2) is 0 Å². The van der Waals surface area contributed by atoms with Gasteiger partial charge in [0.1, 0.15) is 0 Å².